The van der Waals surface area contributed by atoms with Crippen molar-refractivity contribution >= 4 is 32.4 Å². The maximum Gasteiger partial charge on any atom is 0.242 e. The Morgan fingerprint density at radius 2 is 1.94 bits per heavy atom. The lowest BCUT2D eigenvalue weighted by Gasteiger charge is -1.94. The van der Waals surface area contributed by atoms with Crippen LogP contribution in [0.4, 0.5) is 0 Å². The first kappa shape index (κ1) is 13.5. The normalized spacial score (nSPS) is 11.7. The van der Waals surface area contributed by atoms with Gasteiger partial charge in [0.05, 0.1) is 0 Å². The van der Waals surface area contributed by atoms with Crippen LogP contribution in [0.5, 0.6) is 0 Å². The Bertz CT molecular complexity index is 635. The maximum atomic E-state index is 11.4. The molecule has 18 heavy (non-hydrogen) atoms. The SMILES string of the molecule is CCS(=O)(=O)Cc1nc(-c2ccc(I)cc2)no1. The molecule has 2 aromatic rings. The fourth-order valence-corrected chi connectivity index (χ4v) is 2.38. The first-order valence-corrected chi connectivity index (χ1v) is 8.19. The first-order chi connectivity index (χ1) is 8.50. The van der Waals surface area contributed by atoms with E-state index in [1.54, 1.807) is 6.92 Å². The van der Waals surface area contributed by atoms with Gasteiger partial charge in [0.25, 0.3) is 0 Å². The molecule has 0 spiro atoms. The Kier molecular flexibility index (Phi) is 4.00. The summed E-state index contributed by atoms with van der Waals surface area (Å²) in [6.07, 6.45) is 0. The van der Waals surface area contributed by atoms with Crippen molar-refractivity contribution in [3.8, 4) is 11.4 Å². The summed E-state index contributed by atoms with van der Waals surface area (Å²) in [5.74, 6) is 0.396. The topological polar surface area (TPSA) is 73.1 Å². The molecule has 0 bridgehead atoms. The molecular formula is C11H11IN2O3S. The van der Waals surface area contributed by atoms with Crippen molar-refractivity contribution < 1.29 is 12.9 Å². The Hall–Kier alpha value is -0.960. The lowest BCUT2D eigenvalue weighted by atomic mass is 10.2. The van der Waals surface area contributed by atoms with E-state index in [1.165, 1.54) is 0 Å². The third-order valence-electron chi connectivity index (χ3n) is 2.35. The second-order valence-electron chi connectivity index (χ2n) is 3.70. The largest absolute Gasteiger partial charge is 0.338 e. The highest BCUT2D eigenvalue weighted by Gasteiger charge is 2.15. The predicted molar refractivity (Wildman–Crippen MR) is 75.6 cm³/mol. The molecule has 0 N–H and O–H groups in total. The van der Waals surface area contributed by atoms with E-state index in [1.807, 2.05) is 24.3 Å². The third-order valence-corrected chi connectivity index (χ3v) is 4.64. The molecule has 0 saturated heterocycles. The average molecular weight is 378 g/mol. The van der Waals surface area contributed by atoms with E-state index in [2.05, 4.69) is 32.7 Å². The van der Waals surface area contributed by atoms with Crippen LogP contribution in [0.25, 0.3) is 11.4 Å². The van der Waals surface area contributed by atoms with Crippen LogP contribution in [0.1, 0.15) is 12.8 Å². The van der Waals surface area contributed by atoms with Crippen molar-refractivity contribution in [3.63, 3.8) is 0 Å². The molecule has 0 unspecified atom stereocenters. The Morgan fingerprint density at radius 3 is 2.56 bits per heavy atom. The van der Waals surface area contributed by atoms with Gasteiger partial charge in [-0.15, -0.1) is 0 Å². The van der Waals surface area contributed by atoms with Gasteiger partial charge in [0, 0.05) is 14.9 Å². The maximum absolute atomic E-state index is 11.4. The minimum Gasteiger partial charge on any atom is -0.338 e. The van der Waals surface area contributed by atoms with Crippen LogP contribution in [-0.2, 0) is 15.6 Å². The van der Waals surface area contributed by atoms with Gasteiger partial charge in [-0.05, 0) is 34.7 Å². The van der Waals surface area contributed by atoms with E-state index in [4.69, 9.17) is 4.52 Å². The summed E-state index contributed by atoms with van der Waals surface area (Å²) < 4.78 is 28.9. The van der Waals surface area contributed by atoms with Gasteiger partial charge in [0.1, 0.15) is 5.75 Å². The van der Waals surface area contributed by atoms with Crippen LogP contribution in [-0.4, -0.2) is 24.3 Å². The van der Waals surface area contributed by atoms with Crippen LogP contribution in [0, 0.1) is 3.57 Å². The van der Waals surface area contributed by atoms with Gasteiger partial charge in [-0.3, -0.25) is 0 Å². The highest BCUT2D eigenvalue weighted by atomic mass is 127. The molecule has 1 heterocycles. The molecule has 0 atom stereocenters. The zero-order valence-electron chi connectivity index (χ0n) is 9.63. The van der Waals surface area contributed by atoms with Gasteiger partial charge >= 0.3 is 0 Å². The molecule has 1 aromatic carbocycles. The molecule has 0 aliphatic heterocycles. The Morgan fingerprint density at radius 1 is 1.28 bits per heavy atom. The lowest BCUT2D eigenvalue weighted by Crippen LogP contribution is -2.06. The lowest BCUT2D eigenvalue weighted by molar-refractivity contribution is 0.389. The van der Waals surface area contributed by atoms with E-state index in [9.17, 15) is 8.42 Å². The van der Waals surface area contributed by atoms with Gasteiger partial charge in [-0.2, -0.15) is 4.98 Å². The minimum absolute atomic E-state index is 0.0637. The van der Waals surface area contributed by atoms with Crippen LogP contribution in [0.15, 0.2) is 28.8 Å². The van der Waals surface area contributed by atoms with E-state index < -0.39 is 9.84 Å². The number of halogens is 1. The van der Waals surface area contributed by atoms with Crippen molar-refractivity contribution in [2.75, 3.05) is 5.75 Å². The summed E-state index contributed by atoms with van der Waals surface area (Å²) >= 11 is 2.20. The summed E-state index contributed by atoms with van der Waals surface area (Å²) in [7, 11) is -3.15. The van der Waals surface area contributed by atoms with Gasteiger partial charge < -0.3 is 4.52 Å². The van der Waals surface area contributed by atoms with Crippen molar-refractivity contribution in [2.45, 2.75) is 12.7 Å². The van der Waals surface area contributed by atoms with E-state index in [0.29, 0.717) is 5.82 Å². The predicted octanol–water partition coefficient (Wildman–Crippen LogP) is 2.28. The molecule has 0 fully saturated rings. The number of sulfone groups is 1. The summed E-state index contributed by atoms with van der Waals surface area (Å²) in [5, 5.41) is 3.78. The molecule has 1 aromatic heterocycles. The number of nitrogens with zero attached hydrogens (tertiary/aromatic N) is 2. The van der Waals surface area contributed by atoms with E-state index in [0.717, 1.165) is 9.13 Å². The van der Waals surface area contributed by atoms with Gasteiger partial charge in [0.2, 0.25) is 11.7 Å². The first-order valence-electron chi connectivity index (χ1n) is 5.29. The van der Waals surface area contributed by atoms with Crippen LogP contribution in [0.3, 0.4) is 0 Å². The van der Waals surface area contributed by atoms with Crippen LogP contribution >= 0.6 is 22.6 Å². The summed E-state index contributed by atoms with van der Waals surface area (Å²) in [5.41, 5.74) is 0.805. The van der Waals surface area contributed by atoms with Crippen molar-refractivity contribution in [1.82, 2.24) is 10.1 Å². The monoisotopic (exact) mass is 378 g/mol. The smallest absolute Gasteiger partial charge is 0.242 e. The van der Waals surface area contributed by atoms with Gasteiger partial charge in [-0.1, -0.05) is 24.2 Å². The van der Waals surface area contributed by atoms with Crippen LogP contribution in [0.2, 0.25) is 0 Å². The second kappa shape index (κ2) is 5.35. The molecule has 0 aliphatic rings. The molecule has 2 rings (SSSR count). The zero-order valence-corrected chi connectivity index (χ0v) is 12.6. The Balaban J connectivity index is 2.23. The molecule has 96 valence electrons. The minimum atomic E-state index is -3.15. The molecule has 0 amide bonds. The molecule has 5 nitrogen and oxygen atoms in total. The Labute approximate surface area is 119 Å². The number of aromatic nitrogens is 2. The van der Waals surface area contributed by atoms with Crippen molar-refractivity contribution in [1.29, 1.82) is 0 Å². The second-order valence-corrected chi connectivity index (χ2v) is 7.29. The van der Waals surface area contributed by atoms with Crippen LogP contribution < -0.4 is 0 Å². The van der Waals surface area contributed by atoms with E-state index in [-0.39, 0.29) is 17.4 Å². The molecule has 0 radical (unpaired) electrons. The number of hydrogen-bond acceptors (Lipinski definition) is 5. The standard InChI is InChI=1S/C11H11IN2O3S/c1-2-18(15,16)7-10-13-11(14-17-10)8-3-5-9(12)6-4-8/h3-6H,2,7H2,1H3. The molecule has 7 heteroatoms. The number of rotatable bonds is 4. The highest BCUT2D eigenvalue weighted by Crippen LogP contribution is 2.18. The number of benzene rings is 1. The number of hydrogen-bond donors (Lipinski definition) is 0. The molecular weight excluding hydrogens is 367 g/mol. The van der Waals surface area contributed by atoms with Gasteiger partial charge in [0.15, 0.2) is 9.84 Å². The molecule has 0 saturated carbocycles. The van der Waals surface area contributed by atoms with Gasteiger partial charge in [-0.25, -0.2) is 8.42 Å². The van der Waals surface area contributed by atoms with Crippen molar-refractivity contribution in [2.24, 2.45) is 0 Å². The third kappa shape index (κ3) is 3.29. The summed E-state index contributed by atoms with van der Waals surface area (Å²) in [4.78, 5) is 4.08. The summed E-state index contributed by atoms with van der Waals surface area (Å²) in [6.45, 7) is 1.59. The fourth-order valence-electron chi connectivity index (χ4n) is 1.32. The zero-order chi connectivity index (χ0) is 13.2. The van der Waals surface area contributed by atoms with E-state index >= 15 is 0 Å². The fraction of sp³-hybridized carbons (Fsp3) is 0.273. The quantitative estimate of drug-likeness (QED) is 0.764. The van der Waals surface area contributed by atoms with Crippen molar-refractivity contribution in [3.05, 3.63) is 33.7 Å². The molecule has 0 aliphatic carbocycles. The highest BCUT2D eigenvalue weighted by molar-refractivity contribution is 14.1. The summed E-state index contributed by atoms with van der Waals surface area (Å²) in [6, 6.07) is 7.58. The average Bonchev–Trinajstić information content (AvgIpc) is 2.78.